The Morgan fingerprint density at radius 1 is 1.28 bits per heavy atom. The Morgan fingerprint density at radius 2 is 2.06 bits per heavy atom. The van der Waals surface area contributed by atoms with Gasteiger partial charge in [0.2, 0.25) is 0 Å². The number of hydrogen-bond acceptors (Lipinski definition) is 3. The Kier molecular flexibility index (Phi) is 5.16. The van der Waals surface area contributed by atoms with Crippen molar-refractivity contribution in [2.45, 2.75) is 44.6 Å². The van der Waals surface area contributed by atoms with Gasteiger partial charge in [0, 0.05) is 19.0 Å². The minimum Gasteiger partial charge on any atom is -0.377 e. The van der Waals surface area contributed by atoms with E-state index in [1.54, 1.807) is 0 Å². The molecule has 3 heteroatoms. The number of aromatic nitrogens is 1. The highest BCUT2D eigenvalue weighted by molar-refractivity contribution is 5.09. The van der Waals surface area contributed by atoms with Gasteiger partial charge in [0.05, 0.1) is 18.1 Å². The Labute approximate surface area is 109 Å². The van der Waals surface area contributed by atoms with E-state index < -0.39 is 0 Å². The minimum absolute atomic E-state index is 0.111. The van der Waals surface area contributed by atoms with Crippen LogP contribution in [-0.2, 0) is 11.2 Å². The van der Waals surface area contributed by atoms with Crippen LogP contribution in [0.4, 0.5) is 0 Å². The molecule has 2 rings (SSSR count). The topological polar surface area (TPSA) is 45.9 Å². The predicted octanol–water partition coefficient (Wildman–Crippen LogP) is 3.11. The van der Waals surface area contributed by atoms with Crippen LogP contribution in [0.15, 0.2) is 24.5 Å². The number of aryl methyl sites for hydroxylation is 1. The molecule has 0 aromatic carbocycles. The third kappa shape index (κ3) is 3.82. The van der Waals surface area contributed by atoms with Crippen LogP contribution in [0.5, 0.6) is 0 Å². The van der Waals surface area contributed by atoms with Gasteiger partial charge in [-0.25, -0.2) is 0 Å². The van der Waals surface area contributed by atoms with Crippen LogP contribution in [0, 0.1) is 17.2 Å². The number of rotatable bonds is 5. The summed E-state index contributed by atoms with van der Waals surface area (Å²) in [4.78, 5) is 4.00. The molecule has 1 aromatic heterocycles. The van der Waals surface area contributed by atoms with Crippen molar-refractivity contribution < 1.29 is 4.74 Å². The zero-order valence-electron chi connectivity index (χ0n) is 10.7. The van der Waals surface area contributed by atoms with Gasteiger partial charge in [0.1, 0.15) is 0 Å². The lowest BCUT2D eigenvalue weighted by Crippen LogP contribution is -2.27. The van der Waals surface area contributed by atoms with Gasteiger partial charge in [-0.2, -0.15) is 5.26 Å². The summed E-state index contributed by atoms with van der Waals surface area (Å²) in [5.41, 5.74) is 1.30. The normalized spacial score (nSPS) is 23.5. The van der Waals surface area contributed by atoms with Crippen molar-refractivity contribution in [2.75, 3.05) is 6.61 Å². The molecule has 3 nitrogen and oxygen atoms in total. The molecule has 0 radical (unpaired) electrons. The van der Waals surface area contributed by atoms with E-state index in [1.165, 1.54) is 18.4 Å². The molecule has 0 saturated heterocycles. The molecular formula is C15H20N2O. The molecule has 1 heterocycles. The smallest absolute Gasteiger partial charge is 0.0733 e. The summed E-state index contributed by atoms with van der Waals surface area (Å²) < 4.78 is 5.87. The van der Waals surface area contributed by atoms with E-state index in [9.17, 15) is 0 Å². The largest absolute Gasteiger partial charge is 0.377 e. The van der Waals surface area contributed by atoms with Gasteiger partial charge in [-0.05, 0) is 43.4 Å². The summed E-state index contributed by atoms with van der Waals surface area (Å²) in [5, 5.41) is 9.06. The predicted molar refractivity (Wildman–Crippen MR) is 69.9 cm³/mol. The molecule has 0 aliphatic heterocycles. The van der Waals surface area contributed by atoms with Gasteiger partial charge < -0.3 is 4.74 Å². The molecule has 2 unspecified atom stereocenters. The van der Waals surface area contributed by atoms with Gasteiger partial charge in [-0.3, -0.25) is 4.98 Å². The van der Waals surface area contributed by atoms with Crippen LogP contribution < -0.4 is 0 Å². The van der Waals surface area contributed by atoms with Crippen molar-refractivity contribution >= 4 is 0 Å². The fourth-order valence-electron chi connectivity index (χ4n) is 2.50. The molecule has 96 valence electrons. The lowest BCUT2D eigenvalue weighted by Gasteiger charge is -2.26. The molecule has 1 aliphatic rings. The van der Waals surface area contributed by atoms with Crippen molar-refractivity contribution in [3.8, 4) is 6.07 Å². The summed E-state index contributed by atoms with van der Waals surface area (Å²) >= 11 is 0. The van der Waals surface area contributed by atoms with E-state index in [2.05, 4.69) is 11.1 Å². The molecule has 1 saturated carbocycles. The molecule has 2 atom stereocenters. The quantitative estimate of drug-likeness (QED) is 0.748. The highest BCUT2D eigenvalue weighted by Gasteiger charge is 2.25. The number of nitrogens with zero attached hydrogens (tertiary/aromatic N) is 2. The van der Waals surface area contributed by atoms with Gasteiger partial charge in [-0.15, -0.1) is 0 Å². The van der Waals surface area contributed by atoms with E-state index in [0.717, 1.165) is 32.3 Å². The Bertz CT molecular complexity index is 385. The SMILES string of the molecule is N#CC1CCCCC1OCCCc1ccncc1. The number of ether oxygens (including phenoxy) is 1. The maximum Gasteiger partial charge on any atom is 0.0733 e. The zero-order valence-corrected chi connectivity index (χ0v) is 10.7. The van der Waals surface area contributed by atoms with Crippen molar-refractivity contribution in [1.82, 2.24) is 4.98 Å². The highest BCUT2D eigenvalue weighted by atomic mass is 16.5. The number of nitriles is 1. The van der Waals surface area contributed by atoms with Crippen LogP contribution in [0.2, 0.25) is 0 Å². The van der Waals surface area contributed by atoms with Crippen molar-refractivity contribution in [2.24, 2.45) is 5.92 Å². The lowest BCUT2D eigenvalue weighted by molar-refractivity contribution is 0.00503. The summed E-state index contributed by atoms with van der Waals surface area (Å²) in [5.74, 6) is 0.111. The number of pyridine rings is 1. The fourth-order valence-corrected chi connectivity index (χ4v) is 2.50. The third-order valence-corrected chi connectivity index (χ3v) is 3.56. The third-order valence-electron chi connectivity index (χ3n) is 3.56. The lowest BCUT2D eigenvalue weighted by atomic mass is 9.87. The van der Waals surface area contributed by atoms with E-state index in [4.69, 9.17) is 10.00 Å². The van der Waals surface area contributed by atoms with Gasteiger partial charge in [0.15, 0.2) is 0 Å². The molecule has 18 heavy (non-hydrogen) atoms. The first kappa shape index (κ1) is 13.0. The van der Waals surface area contributed by atoms with Gasteiger partial charge >= 0.3 is 0 Å². The van der Waals surface area contributed by atoms with Crippen LogP contribution in [-0.4, -0.2) is 17.7 Å². The maximum atomic E-state index is 9.06. The van der Waals surface area contributed by atoms with Gasteiger partial charge in [0.25, 0.3) is 0 Å². The van der Waals surface area contributed by atoms with Crippen LogP contribution in [0.1, 0.15) is 37.7 Å². The van der Waals surface area contributed by atoms with Gasteiger partial charge in [-0.1, -0.05) is 12.8 Å². The second-order valence-electron chi connectivity index (χ2n) is 4.89. The van der Waals surface area contributed by atoms with E-state index >= 15 is 0 Å². The first-order valence-electron chi connectivity index (χ1n) is 6.80. The molecule has 1 aliphatic carbocycles. The van der Waals surface area contributed by atoms with Crippen molar-refractivity contribution in [1.29, 1.82) is 5.26 Å². The summed E-state index contributed by atoms with van der Waals surface area (Å²) in [6.45, 7) is 0.755. The Morgan fingerprint density at radius 3 is 2.83 bits per heavy atom. The maximum absolute atomic E-state index is 9.06. The van der Waals surface area contributed by atoms with Crippen molar-refractivity contribution in [3.63, 3.8) is 0 Å². The fraction of sp³-hybridized carbons (Fsp3) is 0.600. The summed E-state index contributed by atoms with van der Waals surface area (Å²) in [7, 11) is 0. The first-order valence-corrected chi connectivity index (χ1v) is 6.80. The molecular weight excluding hydrogens is 224 g/mol. The number of hydrogen-bond donors (Lipinski definition) is 0. The van der Waals surface area contributed by atoms with Crippen LogP contribution in [0.25, 0.3) is 0 Å². The summed E-state index contributed by atoms with van der Waals surface area (Å²) in [6, 6.07) is 6.46. The van der Waals surface area contributed by atoms with Crippen LogP contribution in [0.3, 0.4) is 0 Å². The van der Waals surface area contributed by atoms with E-state index in [0.29, 0.717) is 0 Å². The van der Waals surface area contributed by atoms with E-state index in [1.807, 2.05) is 24.5 Å². The Hall–Kier alpha value is -1.40. The molecule has 0 bridgehead atoms. The van der Waals surface area contributed by atoms with Crippen molar-refractivity contribution in [3.05, 3.63) is 30.1 Å². The molecule has 1 fully saturated rings. The molecule has 1 aromatic rings. The molecule has 0 spiro atoms. The summed E-state index contributed by atoms with van der Waals surface area (Å²) in [6.07, 6.45) is 10.3. The minimum atomic E-state index is 0.111. The van der Waals surface area contributed by atoms with E-state index in [-0.39, 0.29) is 12.0 Å². The zero-order chi connectivity index (χ0) is 12.6. The monoisotopic (exact) mass is 244 g/mol. The van der Waals surface area contributed by atoms with Crippen LogP contribution >= 0.6 is 0 Å². The Balaban J connectivity index is 1.67. The average molecular weight is 244 g/mol. The first-order chi connectivity index (χ1) is 8.90. The molecule has 0 N–H and O–H groups in total. The molecule has 0 amide bonds. The highest BCUT2D eigenvalue weighted by Crippen LogP contribution is 2.26. The average Bonchev–Trinajstić information content (AvgIpc) is 2.45. The second-order valence-corrected chi connectivity index (χ2v) is 4.89. The second kappa shape index (κ2) is 7.13. The standard InChI is InChI=1S/C15H20N2O/c16-12-14-5-1-2-6-15(14)18-11-3-4-13-7-9-17-10-8-13/h7-10,14-15H,1-6,11H2.